The molecule has 0 spiro atoms. The van der Waals surface area contributed by atoms with Crippen LogP contribution in [0.3, 0.4) is 0 Å². The molecule has 0 amide bonds. The van der Waals surface area contributed by atoms with Crippen molar-refractivity contribution in [3.05, 3.63) is 57.6 Å². The first-order chi connectivity index (χ1) is 14.0. The second-order valence-corrected chi connectivity index (χ2v) is 6.03. The van der Waals surface area contributed by atoms with Gasteiger partial charge in [0.1, 0.15) is 5.75 Å². The summed E-state index contributed by atoms with van der Waals surface area (Å²) in [7, 11) is 0. The number of anilines is 1. The van der Waals surface area contributed by atoms with Gasteiger partial charge in [-0.15, -0.1) is 0 Å². The second-order valence-electron chi connectivity index (χ2n) is 6.03. The molecule has 0 bridgehead atoms. The van der Waals surface area contributed by atoms with E-state index in [9.17, 15) is 20.0 Å². The summed E-state index contributed by atoms with van der Waals surface area (Å²) < 4.78 is 11.2. The number of hydrazone groups is 1. The van der Waals surface area contributed by atoms with Gasteiger partial charge in [0.15, 0.2) is 0 Å². The van der Waals surface area contributed by atoms with Crippen molar-refractivity contribution in [3.8, 4) is 11.5 Å². The molecule has 2 rings (SSSR count). The Balaban J connectivity index is 2.36. The predicted octanol–water partition coefficient (Wildman–Crippen LogP) is 4.32. The number of hydrogen-bond acceptors (Lipinski definition) is 7. The Hall–Kier alpha value is -3.62. The fraction of sp³-hybridized carbons (Fsp3) is 0.300. The van der Waals surface area contributed by atoms with Crippen LogP contribution in [0.5, 0.6) is 11.5 Å². The lowest BCUT2D eigenvalue weighted by Gasteiger charge is -2.12. The van der Waals surface area contributed by atoms with Gasteiger partial charge in [-0.25, -0.2) is 4.79 Å². The Morgan fingerprint density at radius 2 is 1.83 bits per heavy atom. The van der Waals surface area contributed by atoms with E-state index in [1.807, 2.05) is 13.8 Å². The summed E-state index contributed by atoms with van der Waals surface area (Å²) in [6.07, 6.45) is 2.81. The highest BCUT2D eigenvalue weighted by molar-refractivity contribution is 5.94. The minimum absolute atomic E-state index is 0.0569. The average molecular weight is 401 g/mol. The van der Waals surface area contributed by atoms with E-state index in [-0.39, 0.29) is 17.0 Å². The van der Waals surface area contributed by atoms with Crippen LogP contribution >= 0.6 is 0 Å². The molecule has 29 heavy (non-hydrogen) atoms. The smallest absolute Gasteiger partial charge is 0.337 e. The SMILES string of the molecule is CCCOc1cc(OCCC)c([N+](=O)[O-])cc1C=NNc1ccccc1C(=O)O. The number of para-hydroxylation sites is 1. The topological polar surface area (TPSA) is 123 Å². The lowest BCUT2D eigenvalue weighted by atomic mass is 10.1. The molecular weight excluding hydrogens is 378 g/mol. The highest BCUT2D eigenvalue weighted by Crippen LogP contribution is 2.34. The summed E-state index contributed by atoms with van der Waals surface area (Å²) in [6.45, 7) is 4.61. The van der Waals surface area contributed by atoms with Crippen molar-refractivity contribution >= 4 is 23.6 Å². The maximum atomic E-state index is 11.4. The number of nitrogens with zero attached hydrogens (tertiary/aromatic N) is 2. The van der Waals surface area contributed by atoms with Crippen molar-refractivity contribution in [1.82, 2.24) is 0 Å². The van der Waals surface area contributed by atoms with Gasteiger partial charge < -0.3 is 14.6 Å². The number of rotatable bonds is 11. The minimum atomic E-state index is -1.09. The van der Waals surface area contributed by atoms with Crippen LogP contribution in [0, 0.1) is 10.1 Å². The van der Waals surface area contributed by atoms with Crippen molar-refractivity contribution in [3.63, 3.8) is 0 Å². The molecule has 0 aromatic heterocycles. The summed E-state index contributed by atoms with van der Waals surface area (Å²) in [4.78, 5) is 22.2. The van der Waals surface area contributed by atoms with Crippen LogP contribution in [-0.4, -0.2) is 35.4 Å². The van der Waals surface area contributed by atoms with Crippen LogP contribution in [-0.2, 0) is 0 Å². The van der Waals surface area contributed by atoms with Gasteiger partial charge in [-0.1, -0.05) is 26.0 Å². The monoisotopic (exact) mass is 401 g/mol. The van der Waals surface area contributed by atoms with Crippen molar-refractivity contribution in [2.45, 2.75) is 26.7 Å². The first-order valence-electron chi connectivity index (χ1n) is 9.17. The van der Waals surface area contributed by atoms with E-state index in [1.54, 1.807) is 18.2 Å². The summed E-state index contributed by atoms with van der Waals surface area (Å²) in [5, 5.41) is 24.7. The predicted molar refractivity (Wildman–Crippen MR) is 109 cm³/mol. The molecule has 0 radical (unpaired) electrons. The van der Waals surface area contributed by atoms with Gasteiger partial charge in [-0.2, -0.15) is 5.10 Å². The number of nitro groups is 1. The highest BCUT2D eigenvalue weighted by atomic mass is 16.6. The Kier molecular flexibility index (Phi) is 7.96. The molecule has 9 heteroatoms. The molecule has 0 aliphatic carbocycles. The molecule has 154 valence electrons. The van der Waals surface area contributed by atoms with E-state index < -0.39 is 10.9 Å². The highest BCUT2D eigenvalue weighted by Gasteiger charge is 2.20. The molecule has 0 unspecified atom stereocenters. The van der Waals surface area contributed by atoms with Crippen LogP contribution in [0.2, 0.25) is 0 Å². The number of carboxylic acids is 1. The minimum Gasteiger partial charge on any atom is -0.493 e. The molecule has 2 aromatic carbocycles. The lowest BCUT2D eigenvalue weighted by Crippen LogP contribution is -2.05. The summed E-state index contributed by atoms with van der Waals surface area (Å²) in [5.74, 6) is -0.576. The molecule has 0 atom stereocenters. The van der Waals surface area contributed by atoms with Gasteiger partial charge in [0.2, 0.25) is 5.75 Å². The molecule has 2 aromatic rings. The molecule has 0 saturated carbocycles. The van der Waals surface area contributed by atoms with E-state index in [0.717, 1.165) is 6.42 Å². The first kappa shape index (κ1) is 21.7. The van der Waals surface area contributed by atoms with Crippen molar-refractivity contribution < 1.29 is 24.3 Å². The Morgan fingerprint density at radius 3 is 2.45 bits per heavy atom. The summed E-state index contributed by atoms with van der Waals surface area (Å²) in [6, 6.07) is 9.10. The Labute approximate surface area is 168 Å². The normalized spacial score (nSPS) is 10.7. The van der Waals surface area contributed by atoms with Crippen LogP contribution in [0.25, 0.3) is 0 Å². The molecular formula is C20H23N3O6. The number of carbonyl (C=O) groups is 1. The molecule has 0 heterocycles. The van der Waals surface area contributed by atoms with Gasteiger partial charge in [0.25, 0.3) is 0 Å². The molecule has 0 fully saturated rings. The van der Waals surface area contributed by atoms with Gasteiger partial charge in [-0.3, -0.25) is 15.5 Å². The first-order valence-corrected chi connectivity index (χ1v) is 9.17. The average Bonchev–Trinajstić information content (AvgIpc) is 2.71. The van der Waals surface area contributed by atoms with Crippen LogP contribution in [0.15, 0.2) is 41.5 Å². The third kappa shape index (κ3) is 5.93. The van der Waals surface area contributed by atoms with Crippen LogP contribution < -0.4 is 14.9 Å². The zero-order valence-corrected chi connectivity index (χ0v) is 16.3. The molecule has 0 aliphatic heterocycles. The van der Waals surface area contributed by atoms with Gasteiger partial charge in [0.05, 0.1) is 35.6 Å². The molecule has 0 aliphatic rings. The fourth-order valence-electron chi connectivity index (χ4n) is 2.41. The third-order valence-corrected chi connectivity index (χ3v) is 3.76. The van der Waals surface area contributed by atoms with E-state index in [2.05, 4.69) is 10.5 Å². The number of nitro benzene ring substituents is 1. The Morgan fingerprint density at radius 1 is 1.17 bits per heavy atom. The largest absolute Gasteiger partial charge is 0.493 e. The summed E-state index contributed by atoms with van der Waals surface area (Å²) >= 11 is 0. The van der Waals surface area contributed by atoms with Crippen molar-refractivity contribution in [2.75, 3.05) is 18.6 Å². The number of hydrogen-bond donors (Lipinski definition) is 2. The van der Waals surface area contributed by atoms with E-state index >= 15 is 0 Å². The second kappa shape index (κ2) is 10.6. The molecule has 2 N–H and O–H groups in total. The van der Waals surface area contributed by atoms with Gasteiger partial charge in [-0.05, 0) is 25.0 Å². The zero-order chi connectivity index (χ0) is 21.2. The third-order valence-electron chi connectivity index (χ3n) is 3.76. The molecule has 9 nitrogen and oxygen atoms in total. The fourth-order valence-corrected chi connectivity index (χ4v) is 2.41. The quantitative estimate of drug-likeness (QED) is 0.326. The maximum Gasteiger partial charge on any atom is 0.337 e. The van der Waals surface area contributed by atoms with Crippen LogP contribution in [0.1, 0.15) is 42.6 Å². The van der Waals surface area contributed by atoms with Crippen molar-refractivity contribution in [1.29, 1.82) is 0 Å². The summed E-state index contributed by atoms with van der Waals surface area (Å²) in [5.41, 5.74) is 3.18. The van der Waals surface area contributed by atoms with Gasteiger partial charge >= 0.3 is 11.7 Å². The van der Waals surface area contributed by atoms with E-state index in [0.29, 0.717) is 36.6 Å². The number of nitrogens with one attached hydrogen (secondary N) is 1. The standard InChI is InChI=1S/C20H23N3O6/c1-3-9-28-18-12-19(29-10-4-2)17(23(26)27)11-14(18)13-21-22-16-8-6-5-7-15(16)20(24)25/h5-8,11-13,22H,3-4,9-10H2,1-2H3,(H,24,25). The number of carboxylic acid groups (broad SMARTS) is 1. The van der Waals surface area contributed by atoms with Gasteiger partial charge in [0, 0.05) is 17.7 Å². The van der Waals surface area contributed by atoms with E-state index in [1.165, 1.54) is 24.4 Å². The number of ether oxygens (including phenoxy) is 2. The number of benzene rings is 2. The maximum absolute atomic E-state index is 11.4. The zero-order valence-electron chi connectivity index (χ0n) is 16.3. The molecule has 0 saturated heterocycles. The van der Waals surface area contributed by atoms with Crippen LogP contribution in [0.4, 0.5) is 11.4 Å². The lowest BCUT2D eigenvalue weighted by molar-refractivity contribution is -0.385. The Bertz CT molecular complexity index is 898. The van der Waals surface area contributed by atoms with Crippen molar-refractivity contribution in [2.24, 2.45) is 5.10 Å². The van der Waals surface area contributed by atoms with E-state index in [4.69, 9.17) is 9.47 Å². The number of aromatic carboxylic acids is 1.